The van der Waals surface area contributed by atoms with Gasteiger partial charge in [-0.2, -0.15) is 21.6 Å². The third-order valence-electron chi connectivity index (χ3n) is 6.71. The number of alkyl halides is 3. The summed E-state index contributed by atoms with van der Waals surface area (Å²) in [4.78, 5) is 14.1. The number of fused-ring (bicyclic) bond motifs is 2. The van der Waals surface area contributed by atoms with Crippen molar-refractivity contribution in [2.45, 2.75) is 83.2 Å². The fourth-order valence-corrected chi connectivity index (χ4v) is 5.47. The molecule has 5 rings (SSSR count). The van der Waals surface area contributed by atoms with Crippen molar-refractivity contribution < 1.29 is 53.6 Å². The Labute approximate surface area is 246 Å². The van der Waals surface area contributed by atoms with Crippen LogP contribution in [0.4, 0.5) is 32.4 Å². The highest BCUT2D eigenvalue weighted by atomic mass is 32.2. The van der Waals surface area contributed by atoms with Gasteiger partial charge in [0, 0.05) is 42.7 Å². The molecule has 3 heterocycles. The first-order valence-corrected chi connectivity index (χ1v) is 15.0. The van der Waals surface area contributed by atoms with E-state index in [1.807, 2.05) is 33.8 Å². The second kappa shape index (κ2) is 11.9. The van der Waals surface area contributed by atoms with E-state index in [0.29, 0.717) is 18.7 Å². The second-order valence-corrected chi connectivity index (χ2v) is 13.1. The number of nitrogens with one attached hydrogen (secondary N) is 1. The molecule has 2 unspecified atom stereocenters. The highest BCUT2D eigenvalue weighted by Crippen LogP contribution is 2.41. The molecule has 1 saturated heterocycles. The van der Waals surface area contributed by atoms with Crippen LogP contribution < -0.4 is 23.9 Å². The molecule has 1 N–H and O–H groups in total. The number of alkyl carbamates (subject to hydrolysis) is 1. The second-order valence-electron chi connectivity index (χ2n) is 11.6. The number of anilines is 1. The van der Waals surface area contributed by atoms with Crippen LogP contribution >= 0.6 is 0 Å². The Morgan fingerprint density at radius 2 is 1.51 bits per heavy atom. The van der Waals surface area contributed by atoms with Crippen LogP contribution in [0.15, 0.2) is 24.3 Å². The van der Waals surface area contributed by atoms with E-state index in [4.69, 9.17) is 14.2 Å². The van der Waals surface area contributed by atoms with Crippen LogP contribution in [0.1, 0.15) is 52.2 Å². The van der Waals surface area contributed by atoms with Gasteiger partial charge in [0.15, 0.2) is 23.1 Å². The zero-order chi connectivity index (χ0) is 31.9. The van der Waals surface area contributed by atoms with Crippen molar-refractivity contribution in [1.29, 1.82) is 0 Å². The molecule has 0 bridgehead atoms. The first-order chi connectivity index (χ1) is 19.8. The first-order valence-electron chi connectivity index (χ1n) is 13.6. The third-order valence-corrected chi connectivity index (χ3v) is 7.68. The highest BCUT2D eigenvalue weighted by molar-refractivity contribution is 7.88. The number of ether oxygens (including phenoxy) is 3. The van der Waals surface area contributed by atoms with Gasteiger partial charge in [0.05, 0.1) is 6.04 Å². The standard InChI is InChI=1S/C18H25FN2O3.C10H8F4O4S/c1-11-9-13-15(6-5-14(19)16(13)23-11)21-8-7-12(10-21)20-17(22)24-18(2,3)4;1-5-4-6-8(3-2-7(11)9(6)17-5)18-19(15,16)10(12,13)14/h5-6,11-12H,7-10H2,1-4H3,(H,20,22);2-3,5H,4H2,1H3/t11?,12-;/m0./s1. The molecule has 3 atom stereocenters. The van der Waals surface area contributed by atoms with Crippen LogP contribution in [0.3, 0.4) is 0 Å². The Bertz CT molecular complexity index is 1480. The average molecular weight is 637 g/mol. The van der Waals surface area contributed by atoms with Crippen molar-refractivity contribution in [2.75, 3.05) is 18.0 Å². The predicted octanol–water partition coefficient (Wildman–Crippen LogP) is 5.63. The number of carbonyl (C=O) groups is 1. The maximum atomic E-state index is 13.9. The van der Waals surface area contributed by atoms with E-state index in [0.717, 1.165) is 36.3 Å². The first kappa shape index (κ1) is 32.4. The molecule has 238 valence electrons. The van der Waals surface area contributed by atoms with Gasteiger partial charge in [0.2, 0.25) is 0 Å². The predicted molar refractivity (Wildman–Crippen MR) is 146 cm³/mol. The van der Waals surface area contributed by atoms with Gasteiger partial charge in [0.25, 0.3) is 0 Å². The Kier molecular flexibility index (Phi) is 8.96. The third kappa shape index (κ3) is 7.54. The van der Waals surface area contributed by atoms with Crippen molar-refractivity contribution in [2.24, 2.45) is 0 Å². The van der Waals surface area contributed by atoms with E-state index in [2.05, 4.69) is 14.4 Å². The number of hydrogen-bond donors (Lipinski definition) is 1. The topological polar surface area (TPSA) is 103 Å². The van der Waals surface area contributed by atoms with Crippen molar-refractivity contribution in [3.05, 3.63) is 47.0 Å². The summed E-state index contributed by atoms with van der Waals surface area (Å²) in [5.74, 6) is -1.55. The van der Waals surface area contributed by atoms with E-state index >= 15 is 0 Å². The number of nitrogens with zero attached hydrogens (tertiary/aromatic N) is 1. The Hall–Kier alpha value is -3.49. The van der Waals surface area contributed by atoms with Gasteiger partial charge in [-0.1, -0.05) is 0 Å². The van der Waals surface area contributed by atoms with Crippen LogP contribution in [0.2, 0.25) is 0 Å². The summed E-state index contributed by atoms with van der Waals surface area (Å²) in [6.45, 7) is 10.5. The number of carbonyl (C=O) groups excluding carboxylic acids is 1. The van der Waals surface area contributed by atoms with Crippen molar-refractivity contribution in [3.63, 3.8) is 0 Å². The molecule has 2 aromatic carbocycles. The van der Waals surface area contributed by atoms with E-state index in [1.54, 1.807) is 6.92 Å². The Morgan fingerprint density at radius 1 is 0.953 bits per heavy atom. The summed E-state index contributed by atoms with van der Waals surface area (Å²) in [7, 11) is -5.78. The lowest BCUT2D eigenvalue weighted by atomic mass is 10.1. The largest absolute Gasteiger partial charge is 0.534 e. The number of hydrogen-bond acceptors (Lipinski definition) is 8. The molecule has 3 aliphatic rings. The fraction of sp³-hybridized carbons (Fsp3) is 0.536. The lowest BCUT2D eigenvalue weighted by Gasteiger charge is -2.23. The number of amides is 1. The van der Waals surface area contributed by atoms with Crippen LogP contribution in [-0.2, 0) is 27.7 Å². The summed E-state index contributed by atoms with van der Waals surface area (Å²) in [5.41, 5.74) is -4.14. The van der Waals surface area contributed by atoms with Crippen molar-refractivity contribution >= 4 is 21.9 Å². The lowest BCUT2D eigenvalue weighted by Crippen LogP contribution is -2.40. The Balaban J connectivity index is 0.000000203. The van der Waals surface area contributed by atoms with E-state index in [9.17, 15) is 35.2 Å². The smallest absolute Gasteiger partial charge is 0.487 e. The summed E-state index contributed by atoms with van der Waals surface area (Å²) < 4.78 is 106. The lowest BCUT2D eigenvalue weighted by molar-refractivity contribution is -0.0500. The molecule has 0 saturated carbocycles. The average Bonchev–Trinajstić information content (AvgIpc) is 3.58. The van der Waals surface area contributed by atoms with E-state index in [-0.39, 0.29) is 35.7 Å². The SMILES string of the molecule is CC1Cc2c(N3CC[C@H](NC(=O)OC(C)(C)C)C3)ccc(F)c2O1.CC1Cc2c(OS(=O)(=O)C(F)(F)F)ccc(F)c2O1. The van der Waals surface area contributed by atoms with Crippen LogP contribution in [-0.4, -0.2) is 57.0 Å². The van der Waals surface area contributed by atoms with E-state index in [1.165, 1.54) is 6.07 Å². The molecule has 15 heteroatoms. The minimum absolute atomic E-state index is 0.00561. The van der Waals surface area contributed by atoms with Gasteiger partial charge >= 0.3 is 21.7 Å². The number of rotatable bonds is 4. The summed E-state index contributed by atoms with van der Waals surface area (Å²) in [5, 5.41) is 2.91. The zero-order valence-electron chi connectivity index (χ0n) is 24.2. The molecule has 0 aliphatic carbocycles. The molecule has 0 aromatic heterocycles. The van der Waals surface area contributed by atoms with Gasteiger partial charge < -0.3 is 28.6 Å². The number of benzene rings is 2. The van der Waals surface area contributed by atoms with Gasteiger partial charge in [-0.15, -0.1) is 0 Å². The van der Waals surface area contributed by atoms with Crippen LogP contribution in [0.5, 0.6) is 17.2 Å². The summed E-state index contributed by atoms with van der Waals surface area (Å²) in [6, 6.07) is 4.92. The molecule has 1 fully saturated rings. The van der Waals surface area contributed by atoms with Crippen LogP contribution in [0, 0.1) is 11.6 Å². The van der Waals surface area contributed by atoms with Crippen LogP contribution in [0.25, 0.3) is 0 Å². The summed E-state index contributed by atoms with van der Waals surface area (Å²) in [6.07, 6.45) is 0.744. The van der Waals surface area contributed by atoms with Gasteiger partial charge in [-0.05, 0) is 65.3 Å². The zero-order valence-corrected chi connectivity index (χ0v) is 25.0. The van der Waals surface area contributed by atoms with Gasteiger partial charge in [-0.3, -0.25) is 0 Å². The van der Waals surface area contributed by atoms with E-state index < -0.39 is 45.0 Å². The van der Waals surface area contributed by atoms with Gasteiger partial charge in [0.1, 0.15) is 23.6 Å². The molecule has 0 spiro atoms. The number of halogens is 5. The quantitative estimate of drug-likeness (QED) is 0.262. The van der Waals surface area contributed by atoms with Crippen molar-refractivity contribution in [3.8, 4) is 17.2 Å². The molecule has 9 nitrogen and oxygen atoms in total. The maximum Gasteiger partial charge on any atom is 0.534 e. The molecular formula is C28H33F5N2O7S. The molecule has 1 amide bonds. The normalized spacial score (nSPS) is 21.2. The monoisotopic (exact) mass is 636 g/mol. The molecular weight excluding hydrogens is 603 g/mol. The maximum absolute atomic E-state index is 13.9. The highest BCUT2D eigenvalue weighted by Gasteiger charge is 2.49. The molecule has 3 aliphatic heterocycles. The van der Waals surface area contributed by atoms with Gasteiger partial charge in [-0.25, -0.2) is 13.6 Å². The molecule has 43 heavy (non-hydrogen) atoms. The summed E-state index contributed by atoms with van der Waals surface area (Å²) >= 11 is 0. The minimum Gasteiger partial charge on any atom is -0.487 e. The molecule has 0 radical (unpaired) electrons. The minimum atomic E-state index is -5.78. The Morgan fingerprint density at radius 3 is 2.09 bits per heavy atom. The molecule has 2 aromatic rings. The fourth-order valence-electron chi connectivity index (χ4n) is 4.99. The van der Waals surface area contributed by atoms with Crippen molar-refractivity contribution in [1.82, 2.24) is 5.32 Å².